The minimum atomic E-state index is -0.543. The van der Waals surface area contributed by atoms with Gasteiger partial charge in [0.05, 0.1) is 18.5 Å². The summed E-state index contributed by atoms with van der Waals surface area (Å²) in [6.45, 7) is 0.514. The van der Waals surface area contributed by atoms with Crippen LogP contribution in [0.5, 0.6) is 0 Å². The highest BCUT2D eigenvalue weighted by molar-refractivity contribution is 5.95. The van der Waals surface area contributed by atoms with Crippen LogP contribution in [0.3, 0.4) is 0 Å². The third-order valence-electron chi connectivity index (χ3n) is 3.62. The van der Waals surface area contributed by atoms with Gasteiger partial charge >= 0.3 is 5.97 Å². The topological polar surface area (TPSA) is 111 Å². The number of carbonyl (C=O) groups excluding carboxylic acids is 2. The molecule has 0 aliphatic heterocycles. The minimum absolute atomic E-state index is 0.0288. The van der Waals surface area contributed by atoms with Crippen LogP contribution in [0.2, 0.25) is 0 Å². The average Bonchev–Trinajstić information content (AvgIpc) is 2.66. The van der Waals surface area contributed by atoms with Gasteiger partial charge in [-0.3, -0.25) is 19.7 Å². The van der Waals surface area contributed by atoms with E-state index in [-0.39, 0.29) is 24.2 Å². The summed E-state index contributed by atoms with van der Waals surface area (Å²) in [5.74, 6) is -0.941. The molecule has 0 aliphatic rings. The van der Waals surface area contributed by atoms with Crippen LogP contribution in [0.25, 0.3) is 0 Å². The van der Waals surface area contributed by atoms with E-state index in [1.54, 1.807) is 0 Å². The van der Waals surface area contributed by atoms with Crippen molar-refractivity contribution in [1.82, 2.24) is 5.32 Å². The third-order valence-corrected chi connectivity index (χ3v) is 3.62. The molecule has 0 fully saturated rings. The molecule has 0 heterocycles. The average molecular weight is 357 g/mol. The van der Waals surface area contributed by atoms with Crippen molar-refractivity contribution in [3.05, 3.63) is 69.8 Å². The third kappa shape index (κ3) is 5.30. The molecule has 8 heteroatoms. The Morgan fingerprint density at radius 3 is 2.54 bits per heavy atom. The smallest absolute Gasteiger partial charge is 0.307 e. The number of rotatable bonds is 8. The van der Waals surface area contributed by atoms with Crippen LogP contribution in [0.15, 0.2) is 48.5 Å². The highest BCUT2D eigenvalue weighted by Crippen LogP contribution is 2.26. The standard InChI is InChI=1S/C18H19N3O5/c1-26-17(22)9-10-19-18(23)14-7-8-15(16(11-14)21(24)25)20-12-13-5-3-2-4-6-13/h2-8,11,20H,9-10,12H2,1H3,(H,19,23). The number of carbonyl (C=O) groups is 2. The van der Waals surface area contributed by atoms with Crippen LogP contribution in [-0.2, 0) is 16.1 Å². The molecule has 2 N–H and O–H groups in total. The predicted molar refractivity (Wildman–Crippen MR) is 95.8 cm³/mol. The van der Waals surface area contributed by atoms with Crippen molar-refractivity contribution in [2.45, 2.75) is 13.0 Å². The Morgan fingerprint density at radius 2 is 1.88 bits per heavy atom. The second kappa shape index (κ2) is 9.16. The largest absolute Gasteiger partial charge is 0.469 e. The first kappa shape index (κ1) is 18.9. The molecule has 0 saturated carbocycles. The van der Waals surface area contributed by atoms with Crippen LogP contribution < -0.4 is 10.6 Å². The van der Waals surface area contributed by atoms with Gasteiger partial charge in [0.25, 0.3) is 11.6 Å². The molecule has 1 amide bonds. The molecule has 0 radical (unpaired) electrons. The van der Waals surface area contributed by atoms with E-state index in [4.69, 9.17) is 0 Å². The van der Waals surface area contributed by atoms with Crippen molar-refractivity contribution < 1.29 is 19.2 Å². The highest BCUT2D eigenvalue weighted by atomic mass is 16.6. The summed E-state index contributed by atoms with van der Waals surface area (Å²) in [6, 6.07) is 13.7. The number of nitrogens with zero attached hydrogens (tertiary/aromatic N) is 1. The summed E-state index contributed by atoms with van der Waals surface area (Å²) in [7, 11) is 1.26. The fraction of sp³-hybridized carbons (Fsp3) is 0.222. The molecule has 26 heavy (non-hydrogen) atoms. The van der Waals surface area contributed by atoms with Crippen molar-refractivity contribution in [2.75, 3.05) is 19.0 Å². The minimum Gasteiger partial charge on any atom is -0.469 e. The molecule has 0 aromatic heterocycles. The van der Waals surface area contributed by atoms with E-state index < -0.39 is 16.8 Å². The van der Waals surface area contributed by atoms with E-state index in [9.17, 15) is 19.7 Å². The molecule has 0 unspecified atom stereocenters. The van der Waals surface area contributed by atoms with Gasteiger partial charge in [-0.25, -0.2) is 0 Å². The van der Waals surface area contributed by atoms with Crippen molar-refractivity contribution in [2.24, 2.45) is 0 Å². The number of nitro benzene ring substituents is 1. The molecule has 2 aromatic rings. The number of methoxy groups -OCH3 is 1. The first-order valence-electron chi connectivity index (χ1n) is 7.92. The molecular formula is C18H19N3O5. The lowest BCUT2D eigenvalue weighted by Crippen LogP contribution is -2.26. The number of ether oxygens (including phenoxy) is 1. The van der Waals surface area contributed by atoms with Crippen molar-refractivity contribution in [1.29, 1.82) is 0 Å². The summed E-state index contributed by atoms with van der Waals surface area (Å²) in [5, 5.41) is 16.9. The van der Waals surface area contributed by atoms with Crippen LogP contribution in [0.4, 0.5) is 11.4 Å². The number of amides is 1. The molecule has 136 valence electrons. The van der Waals surface area contributed by atoms with Gasteiger partial charge in [-0.15, -0.1) is 0 Å². The van der Waals surface area contributed by atoms with Gasteiger partial charge in [0.2, 0.25) is 0 Å². The molecule has 0 atom stereocenters. The Hall–Kier alpha value is -3.42. The number of anilines is 1. The Kier molecular flexibility index (Phi) is 6.67. The summed E-state index contributed by atoms with van der Waals surface area (Å²) < 4.78 is 4.48. The summed E-state index contributed by atoms with van der Waals surface area (Å²) in [6.07, 6.45) is 0.0288. The van der Waals surface area contributed by atoms with E-state index >= 15 is 0 Å². The van der Waals surface area contributed by atoms with Crippen molar-refractivity contribution >= 4 is 23.3 Å². The summed E-state index contributed by atoms with van der Waals surface area (Å²) in [5.41, 5.74) is 1.25. The Labute approximate surface area is 150 Å². The van der Waals surface area contributed by atoms with E-state index in [0.29, 0.717) is 12.2 Å². The lowest BCUT2D eigenvalue weighted by molar-refractivity contribution is -0.384. The molecule has 8 nitrogen and oxygen atoms in total. The van der Waals surface area contributed by atoms with Crippen molar-refractivity contribution in [3.8, 4) is 0 Å². The lowest BCUT2D eigenvalue weighted by atomic mass is 10.1. The molecular weight excluding hydrogens is 338 g/mol. The van der Waals surface area contributed by atoms with Gasteiger partial charge in [0.1, 0.15) is 5.69 Å². The Balaban J connectivity index is 2.06. The van der Waals surface area contributed by atoms with E-state index in [2.05, 4.69) is 15.4 Å². The number of nitrogens with one attached hydrogen (secondary N) is 2. The van der Waals surface area contributed by atoms with Gasteiger partial charge in [0.15, 0.2) is 0 Å². The number of esters is 1. The summed E-state index contributed by atoms with van der Waals surface area (Å²) in [4.78, 5) is 33.9. The lowest BCUT2D eigenvalue weighted by Gasteiger charge is -2.09. The fourth-order valence-electron chi connectivity index (χ4n) is 2.25. The first-order chi connectivity index (χ1) is 12.5. The fourth-order valence-corrected chi connectivity index (χ4v) is 2.25. The Morgan fingerprint density at radius 1 is 1.15 bits per heavy atom. The van der Waals surface area contributed by atoms with Crippen LogP contribution >= 0.6 is 0 Å². The highest BCUT2D eigenvalue weighted by Gasteiger charge is 2.17. The molecule has 0 spiro atoms. The van der Waals surface area contributed by atoms with Crippen LogP contribution in [-0.4, -0.2) is 30.5 Å². The van der Waals surface area contributed by atoms with E-state index in [0.717, 1.165) is 5.56 Å². The molecule has 0 aliphatic carbocycles. The second-order valence-electron chi connectivity index (χ2n) is 5.41. The molecule has 2 aromatic carbocycles. The first-order valence-corrected chi connectivity index (χ1v) is 7.92. The SMILES string of the molecule is COC(=O)CCNC(=O)c1ccc(NCc2ccccc2)c([N+](=O)[O-])c1. The van der Waals surface area contributed by atoms with Gasteiger partial charge in [-0.1, -0.05) is 30.3 Å². The maximum Gasteiger partial charge on any atom is 0.307 e. The molecule has 2 rings (SSSR count). The maximum atomic E-state index is 12.1. The maximum absolute atomic E-state index is 12.1. The monoisotopic (exact) mass is 357 g/mol. The predicted octanol–water partition coefficient (Wildman–Crippen LogP) is 2.50. The zero-order valence-electron chi connectivity index (χ0n) is 14.2. The Bertz CT molecular complexity index is 793. The van der Waals surface area contributed by atoms with E-state index in [1.807, 2.05) is 30.3 Å². The van der Waals surface area contributed by atoms with Crippen molar-refractivity contribution in [3.63, 3.8) is 0 Å². The second-order valence-corrected chi connectivity index (χ2v) is 5.41. The molecule has 0 bridgehead atoms. The number of benzene rings is 2. The number of nitro groups is 1. The zero-order valence-corrected chi connectivity index (χ0v) is 14.2. The van der Waals surface area contributed by atoms with Gasteiger partial charge in [-0.05, 0) is 17.7 Å². The number of hydrogen-bond acceptors (Lipinski definition) is 6. The zero-order chi connectivity index (χ0) is 18.9. The van der Waals surface area contributed by atoms with E-state index in [1.165, 1.54) is 25.3 Å². The van der Waals surface area contributed by atoms with Crippen LogP contribution in [0.1, 0.15) is 22.3 Å². The van der Waals surface area contributed by atoms with Gasteiger partial charge in [0, 0.05) is 24.7 Å². The molecule has 0 saturated heterocycles. The van der Waals surface area contributed by atoms with Crippen LogP contribution in [0, 0.1) is 10.1 Å². The van der Waals surface area contributed by atoms with Gasteiger partial charge < -0.3 is 15.4 Å². The number of hydrogen-bond donors (Lipinski definition) is 2. The normalized spacial score (nSPS) is 10.0. The summed E-state index contributed by atoms with van der Waals surface area (Å²) >= 11 is 0. The van der Waals surface area contributed by atoms with Gasteiger partial charge in [-0.2, -0.15) is 0 Å². The quantitative estimate of drug-likeness (QED) is 0.427.